The highest BCUT2D eigenvalue weighted by Gasteiger charge is 2.26. The fraction of sp³-hybridized carbons (Fsp3) is 0.348. The summed E-state index contributed by atoms with van der Waals surface area (Å²) >= 11 is 1.30. The van der Waals surface area contributed by atoms with Crippen molar-refractivity contribution in [2.45, 2.75) is 26.2 Å². The van der Waals surface area contributed by atoms with E-state index in [9.17, 15) is 14.0 Å². The predicted molar refractivity (Wildman–Crippen MR) is 123 cm³/mol. The molecular weight excluding hydrogens is 445 g/mol. The van der Waals surface area contributed by atoms with E-state index in [1.165, 1.54) is 23.5 Å². The Morgan fingerprint density at radius 1 is 1.15 bits per heavy atom. The predicted octanol–water partition coefficient (Wildman–Crippen LogP) is 3.70. The number of nitrogens with one attached hydrogen (secondary N) is 1. The summed E-state index contributed by atoms with van der Waals surface area (Å²) in [5.41, 5.74) is 2.07. The van der Waals surface area contributed by atoms with Crippen molar-refractivity contribution in [2.75, 3.05) is 29.9 Å². The summed E-state index contributed by atoms with van der Waals surface area (Å²) in [6.07, 6.45) is 1.47. The lowest BCUT2D eigenvalue weighted by atomic mass is 9.96. The van der Waals surface area contributed by atoms with Crippen LogP contribution in [0.1, 0.15) is 25.5 Å². The number of hydrogen-bond acceptors (Lipinski definition) is 8. The van der Waals surface area contributed by atoms with Crippen LogP contribution in [-0.4, -0.2) is 46.8 Å². The van der Waals surface area contributed by atoms with E-state index in [0.717, 1.165) is 11.4 Å². The van der Waals surface area contributed by atoms with Crippen LogP contribution >= 0.6 is 11.3 Å². The fourth-order valence-corrected chi connectivity index (χ4v) is 4.37. The smallest absolute Gasteiger partial charge is 0.311 e. The number of halogens is 1. The number of piperidine rings is 1. The summed E-state index contributed by atoms with van der Waals surface area (Å²) in [4.78, 5) is 30.6. The fourth-order valence-electron chi connectivity index (χ4n) is 3.65. The van der Waals surface area contributed by atoms with Gasteiger partial charge in [0.1, 0.15) is 5.82 Å². The van der Waals surface area contributed by atoms with Gasteiger partial charge in [-0.2, -0.15) is 0 Å². The first-order valence-electron chi connectivity index (χ1n) is 10.8. The molecule has 1 saturated heterocycles. The molecule has 4 rings (SSSR count). The van der Waals surface area contributed by atoms with Crippen LogP contribution in [0, 0.1) is 11.7 Å². The number of thiazole rings is 1. The number of carbonyl (C=O) groups excluding carboxylic acids is 2. The third kappa shape index (κ3) is 5.89. The molecule has 1 aliphatic heterocycles. The Bertz CT molecular complexity index is 1100. The second-order valence-corrected chi connectivity index (χ2v) is 8.52. The van der Waals surface area contributed by atoms with Gasteiger partial charge in [0.05, 0.1) is 24.4 Å². The van der Waals surface area contributed by atoms with Crippen LogP contribution in [-0.2, 0) is 20.7 Å². The van der Waals surface area contributed by atoms with E-state index in [0.29, 0.717) is 49.1 Å². The molecule has 1 N–H and O–H groups in total. The minimum atomic E-state index is -0.332. The van der Waals surface area contributed by atoms with Crippen molar-refractivity contribution in [3.05, 3.63) is 53.3 Å². The summed E-state index contributed by atoms with van der Waals surface area (Å²) in [5, 5.41) is 13.7. The molecule has 0 unspecified atom stereocenters. The number of anilines is 2. The van der Waals surface area contributed by atoms with Crippen molar-refractivity contribution in [1.29, 1.82) is 0 Å². The molecule has 172 valence electrons. The number of hydrogen-bond donors (Lipinski definition) is 1. The molecule has 1 amide bonds. The van der Waals surface area contributed by atoms with E-state index >= 15 is 0 Å². The first-order chi connectivity index (χ1) is 16.0. The Morgan fingerprint density at radius 2 is 1.91 bits per heavy atom. The van der Waals surface area contributed by atoms with Crippen LogP contribution in [0.2, 0.25) is 0 Å². The third-order valence-corrected chi connectivity index (χ3v) is 6.20. The molecule has 0 radical (unpaired) electrons. The Hall–Kier alpha value is -3.40. The van der Waals surface area contributed by atoms with Crippen LogP contribution in [0.15, 0.2) is 41.8 Å². The summed E-state index contributed by atoms with van der Waals surface area (Å²) in [6.45, 7) is 3.46. The average Bonchev–Trinajstić information content (AvgIpc) is 3.26. The lowest BCUT2D eigenvalue weighted by molar-refractivity contribution is -0.142. The minimum absolute atomic E-state index is 0.0653. The van der Waals surface area contributed by atoms with Gasteiger partial charge in [0.25, 0.3) is 0 Å². The summed E-state index contributed by atoms with van der Waals surface area (Å²) in [6, 6.07) is 9.90. The highest BCUT2D eigenvalue weighted by molar-refractivity contribution is 7.13. The number of esters is 1. The van der Waals surface area contributed by atoms with Gasteiger partial charge in [-0.3, -0.25) is 9.59 Å². The van der Waals surface area contributed by atoms with E-state index < -0.39 is 0 Å². The van der Waals surface area contributed by atoms with Gasteiger partial charge >= 0.3 is 5.97 Å². The van der Waals surface area contributed by atoms with Gasteiger partial charge in [0.15, 0.2) is 10.9 Å². The number of carbonyl (C=O) groups is 2. The highest BCUT2D eigenvalue weighted by Crippen LogP contribution is 2.25. The second kappa shape index (κ2) is 10.5. The van der Waals surface area contributed by atoms with E-state index in [1.807, 2.05) is 12.1 Å². The number of nitrogens with zero attached hydrogens (tertiary/aromatic N) is 4. The molecule has 1 aromatic carbocycles. The van der Waals surface area contributed by atoms with E-state index in [-0.39, 0.29) is 30.0 Å². The maximum Gasteiger partial charge on any atom is 0.311 e. The quantitative estimate of drug-likeness (QED) is 0.527. The maximum absolute atomic E-state index is 13.1. The monoisotopic (exact) mass is 469 g/mol. The molecule has 8 nitrogen and oxygen atoms in total. The van der Waals surface area contributed by atoms with Gasteiger partial charge < -0.3 is 15.0 Å². The van der Waals surface area contributed by atoms with Crippen LogP contribution < -0.4 is 10.2 Å². The molecule has 2 aromatic heterocycles. The molecule has 3 aromatic rings. The van der Waals surface area contributed by atoms with Gasteiger partial charge in [-0.1, -0.05) is 0 Å². The summed E-state index contributed by atoms with van der Waals surface area (Å²) < 4.78 is 18.0. The third-order valence-electron chi connectivity index (χ3n) is 5.39. The lowest BCUT2D eigenvalue weighted by Crippen LogP contribution is -2.38. The molecule has 0 bridgehead atoms. The van der Waals surface area contributed by atoms with Gasteiger partial charge in [-0.15, -0.1) is 21.5 Å². The molecule has 1 fully saturated rings. The van der Waals surface area contributed by atoms with Crippen molar-refractivity contribution in [3.8, 4) is 11.3 Å². The zero-order chi connectivity index (χ0) is 23.2. The van der Waals surface area contributed by atoms with Gasteiger partial charge in [-0.25, -0.2) is 9.37 Å². The minimum Gasteiger partial charge on any atom is -0.466 e. The first kappa shape index (κ1) is 22.8. The molecule has 33 heavy (non-hydrogen) atoms. The Labute approximate surface area is 194 Å². The molecule has 1 aliphatic rings. The number of rotatable bonds is 7. The lowest BCUT2D eigenvalue weighted by Gasteiger charge is -2.31. The van der Waals surface area contributed by atoms with Crippen LogP contribution in [0.5, 0.6) is 0 Å². The summed E-state index contributed by atoms with van der Waals surface area (Å²) in [5.74, 6) is -0.0539. The first-order valence-corrected chi connectivity index (χ1v) is 11.7. The van der Waals surface area contributed by atoms with E-state index in [4.69, 9.17) is 4.74 Å². The number of amides is 1. The standard InChI is InChI=1S/C23H24FN5O3S/c1-2-32-21(30)13-18-14-33-23(25-18)26-22(31)16-9-11-29(12-10-16)20-8-7-19(27-28-20)15-3-5-17(24)6-4-15/h3-8,14,16H,2,9-13H2,1H3,(H,25,26,31). The SMILES string of the molecule is CCOC(=O)Cc1csc(NC(=O)C2CCN(c3ccc(-c4ccc(F)cc4)nn3)CC2)n1. The Balaban J connectivity index is 1.28. The van der Waals surface area contributed by atoms with Gasteiger partial charge in [0.2, 0.25) is 5.91 Å². The second-order valence-electron chi connectivity index (χ2n) is 7.66. The van der Waals surface area contributed by atoms with Crippen molar-refractivity contribution < 1.29 is 18.7 Å². The van der Waals surface area contributed by atoms with Crippen LogP contribution in [0.3, 0.4) is 0 Å². The van der Waals surface area contributed by atoms with Gasteiger partial charge in [0, 0.05) is 30.0 Å². The highest BCUT2D eigenvalue weighted by atomic mass is 32.1. The van der Waals surface area contributed by atoms with Crippen molar-refractivity contribution in [2.24, 2.45) is 5.92 Å². The van der Waals surface area contributed by atoms with Crippen molar-refractivity contribution in [3.63, 3.8) is 0 Å². The Morgan fingerprint density at radius 3 is 2.58 bits per heavy atom. The van der Waals surface area contributed by atoms with Gasteiger partial charge in [-0.05, 0) is 56.2 Å². The van der Waals surface area contributed by atoms with Crippen molar-refractivity contribution >= 4 is 34.2 Å². The van der Waals surface area contributed by atoms with E-state index in [1.54, 1.807) is 24.4 Å². The molecule has 0 saturated carbocycles. The van der Waals surface area contributed by atoms with Crippen LogP contribution in [0.25, 0.3) is 11.3 Å². The topological polar surface area (TPSA) is 97.3 Å². The molecule has 0 atom stereocenters. The number of ether oxygens (including phenoxy) is 1. The molecule has 0 aliphatic carbocycles. The largest absolute Gasteiger partial charge is 0.466 e. The average molecular weight is 470 g/mol. The summed E-state index contributed by atoms with van der Waals surface area (Å²) in [7, 11) is 0. The van der Waals surface area contributed by atoms with Crippen molar-refractivity contribution in [1.82, 2.24) is 15.2 Å². The number of benzene rings is 1. The van der Waals surface area contributed by atoms with E-state index in [2.05, 4.69) is 25.4 Å². The molecule has 10 heteroatoms. The Kier molecular flexibility index (Phi) is 7.23. The zero-order valence-corrected chi connectivity index (χ0v) is 19.0. The number of aromatic nitrogens is 3. The van der Waals surface area contributed by atoms with Crippen LogP contribution in [0.4, 0.5) is 15.3 Å². The maximum atomic E-state index is 13.1. The molecule has 0 spiro atoms. The zero-order valence-electron chi connectivity index (χ0n) is 18.2. The molecular formula is C23H24FN5O3S. The molecule has 3 heterocycles. The normalized spacial score (nSPS) is 14.2.